The highest BCUT2D eigenvalue weighted by atomic mass is 35.5. The van der Waals surface area contributed by atoms with Crippen molar-refractivity contribution in [3.05, 3.63) is 41.4 Å². The number of rotatable bonds is 3. The highest BCUT2D eigenvalue weighted by Gasteiger charge is 2.60. The first-order valence-corrected chi connectivity index (χ1v) is 14.2. The molecule has 3 N–H and O–H groups in total. The van der Waals surface area contributed by atoms with Gasteiger partial charge in [0.1, 0.15) is 23.2 Å². The summed E-state index contributed by atoms with van der Waals surface area (Å²) in [5, 5.41) is 9.16. The number of anilines is 1. The zero-order chi connectivity index (χ0) is 28.2. The number of amides is 4. The van der Waals surface area contributed by atoms with Crippen LogP contribution in [0.25, 0.3) is 0 Å². The number of benzene rings is 1. The van der Waals surface area contributed by atoms with Gasteiger partial charge in [-0.05, 0) is 77.5 Å². The molecule has 0 bridgehead atoms. The van der Waals surface area contributed by atoms with Crippen LogP contribution in [0.3, 0.4) is 0 Å². The van der Waals surface area contributed by atoms with Crippen molar-refractivity contribution in [2.24, 2.45) is 5.92 Å². The van der Waals surface area contributed by atoms with Crippen LogP contribution in [0, 0.1) is 5.92 Å². The number of alkyl carbamates (subject to hydrolysis) is 1. The van der Waals surface area contributed by atoms with E-state index < -0.39 is 29.3 Å². The van der Waals surface area contributed by atoms with Gasteiger partial charge in [-0.3, -0.25) is 14.4 Å². The van der Waals surface area contributed by atoms with E-state index >= 15 is 0 Å². The van der Waals surface area contributed by atoms with E-state index in [0.717, 1.165) is 25.7 Å². The highest BCUT2D eigenvalue weighted by Crippen LogP contribution is 2.46. The fraction of sp³-hybridized carbons (Fsp3) is 0.586. The third-order valence-electron chi connectivity index (χ3n) is 7.41. The predicted molar refractivity (Wildman–Crippen MR) is 149 cm³/mol. The molecule has 0 unspecified atom stereocenters. The van der Waals surface area contributed by atoms with Gasteiger partial charge in [0.15, 0.2) is 0 Å². The number of nitrogens with one attached hydrogen (secondary N) is 3. The Kier molecular flexibility index (Phi) is 8.89. The van der Waals surface area contributed by atoms with Crippen molar-refractivity contribution in [2.45, 2.75) is 95.4 Å². The summed E-state index contributed by atoms with van der Waals surface area (Å²) in [6, 6.07) is 5.37. The summed E-state index contributed by atoms with van der Waals surface area (Å²) in [6.45, 7) is 5.71. The maximum atomic E-state index is 13.7. The van der Waals surface area contributed by atoms with E-state index in [2.05, 4.69) is 22.0 Å². The first kappa shape index (κ1) is 28.9. The molecule has 4 atom stereocenters. The standard InChI is InChI=1S/C29H39ClN4O5/c1-28(2,3)39-27(38)32-22-14-8-6-4-5-7-11-19-18-29(19,26(37)31-21-13-9-12-20(30)17-21)33-24(35)23-15-10-16-34(23)25(22)36/h7,9,11-13,17,19,22-23H,4-6,8,10,14-16,18H2,1-3H3,(H,31,37)(H,32,38)(H,33,35)/b11-7-/t19-,22+,23+,29-/m1/s1. The molecule has 4 rings (SSSR count). The van der Waals surface area contributed by atoms with Gasteiger partial charge in [0.05, 0.1) is 0 Å². The van der Waals surface area contributed by atoms with Crippen molar-refractivity contribution in [3.63, 3.8) is 0 Å². The Morgan fingerprint density at radius 3 is 2.67 bits per heavy atom. The lowest BCUT2D eigenvalue weighted by Crippen LogP contribution is -2.57. The molecule has 2 fully saturated rings. The van der Waals surface area contributed by atoms with Crippen LogP contribution >= 0.6 is 11.6 Å². The van der Waals surface area contributed by atoms with Crippen LogP contribution in [0.15, 0.2) is 36.4 Å². The maximum absolute atomic E-state index is 13.7. The van der Waals surface area contributed by atoms with Gasteiger partial charge in [-0.2, -0.15) is 0 Å². The van der Waals surface area contributed by atoms with Crippen LogP contribution in [0.2, 0.25) is 5.02 Å². The average molecular weight is 559 g/mol. The number of ether oxygens (including phenoxy) is 1. The van der Waals surface area contributed by atoms with E-state index in [0.29, 0.717) is 42.9 Å². The van der Waals surface area contributed by atoms with Gasteiger partial charge in [-0.15, -0.1) is 0 Å². The molecule has 4 amide bonds. The Morgan fingerprint density at radius 1 is 1.13 bits per heavy atom. The summed E-state index contributed by atoms with van der Waals surface area (Å²) < 4.78 is 5.40. The van der Waals surface area contributed by atoms with E-state index in [1.165, 1.54) is 0 Å². The van der Waals surface area contributed by atoms with Crippen LogP contribution in [0.5, 0.6) is 0 Å². The third kappa shape index (κ3) is 7.32. The van der Waals surface area contributed by atoms with Gasteiger partial charge in [0, 0.05) is 23.2 Å². The minimum absolute atomic E-state index is 0.141. The summed E-state index contributed by atoms with van der Waals surface area (Å²) in [5.41, 5.74) is -1.24. The van der Waals surface area contributed by atoms with Gasteiger partial charge < -0.3 is 25.6 Å². The van der Waals surface area contributed by atoms with Gasteiger partial charge in [0.2, 0.25) is 11.8 Å². The van der Waals surface area contributed by atoms with E-state index in [9.17, 15) is 19.2 Å². The van der Waals surface area contributed by atoms with Crippen LogP contribution in [-0.4, -0.2) is 58.5 Å². The molecule has 1 saturated heterocycles. The molecule has 9 nitrogen and oxygen atoms in total. The second kappa shape index (κ2) is 12.0. The van der Waals surface area contributed by atoms with Crippen molar-refractivity contribution < 1.29 is 23.9 Å². The summed E-state index contributed by atoms with van der Waals surface area (Å²) in [7, 11) is 0. The molecule has 0 spiro atoms. The second-order valence-corrected chi connectivity index (χ2v) is 12.1. The normalized spacial score (nSPS) is 28.6. The van der Waals surface area contributed by atoms with Gasteiger partial charge in [-0.1, -0.05) is 42.7 Å². The zero-order valence-electron chi connectivity index (χ0n) is 22.9. The Bertz CT molecular complexity index is 1130. The van der Waals surface area contributed by atoms with Crippen molar-refractivity contribution in [1.82, 2.24) is 15.5 Å². The molecule has 2 heterocycles. The first-order valence-electron chi connectivity index (χ1n) is 13.8. The van der Waals surface area contributed by atoms with Crippen LogP contribution < -0.4 is 16.0 Å². The van der Waals surface area contributed by atoms with Crippen LogP contribution in [0.1, 0.15) is 72.1 Å². The maximum Gasteiger partial charge on any atom is 0.408 e. The molecule has 2 aliphatic heterocycles. The van der Waals surface area contributed by atoms with Crippen molar-refractivity contribution >= 4 is 41.1 Å². The minimum Gasteiger partial charge on any atom is -0.444 e. The average Bonchev–Trinajstić information content (AvgIpc) is 3.31. The van der Waals surface area contributed by atoms with E-state index in [1.807, 2.05) is 6.08 Å². The summed E-state index contributed by atoms with van der Waals surface area (Å²) in [6.07, 6.45) is 8.88. The van der Waals surface area contributed by atoms with E-state index in [4.69, 9.17) is 16.3 Å². The second-order valence-electron chi connectivity index (χ2n) is 11.7. The molecule has 1 aromatic carbocycles. The molecule has 0 radical (unpaired) electrons. The molecule has 39 heavy (non-hydrogen) atoms. The molecule has 1 aliphatic carbocycles. The Labute approximate surface area is 235 Å². The Hall–Kier alpha value is -3.07. The lowest BCUT2D eigenvalue weighted by molar-refractivity contribution is -0.141. The fourth-order valence-corrected chi connectivity index (χ4v) is 5.54. The topological polar surface area (TPSA) is 117 Å². The van der Waals surface area contributed by atoms with Crippen molar-refractivity contribution in [2.75, 3.05) is 11.9 Å². The fourth-order valence-electron chi connectivity index (χ4n) is 5.35. The molecule has 1 aromatic rings. The number of halogens is 1. The first-order chi connectivity index (χ1) is 18.5. The van der Waals surface area contributed by atoms with Gasteiger partial charge in [-0.25, -0.2) is 4.79 Å². The number of fused-ring (bicyclic) bond motifs is 2. The van der Waals surface area contributed by atoms with Crippen LogP contribution in [-0.2, 0) is 19.1 Å². The number of hydrogen-bond donors (Lipinski definition) is 3. The highest BCUT2D eigenvalue weighted by molar-refractivity contribution is 6.31. The molecule has 212 valence electrons. The summed E-state index contributed by atoms with van der Waals surface area (Å²) in [5.74, 6) is -1.10. The lowest BCUT2D eigenvalue weighted by atomic mass is 10.0. The SMILES string of the molecule is CC(C)(C)OC(=O)N[C@H]1CCCCC/C=C\[C@@H]2C[C@@]2(C(=O)Nc2cccc(Cl)c2)NC(=O)[C@@H]2CCCN2C1=O. The zero-order valence-corrected chi connectivity index (χ0v) is 23.7. The number of hydrogen-bond acceptors (Lipinski definition) is 5. The number of carbonyl (C=O) groups is 4. The van der Waals surface area contributed by atoms with E-state index in [-0.39, 0.29) is 23.6 Å². The summed E-state index contributed by atoms with van der Waals surface area (Å²) in [4.78, 5) is 54.8. The largest absolute Gasteiger partial charge is 0.444 e. The van der Waals surface area contributed by atoms with Gasteiger partial charge >= 0.3 is 6.09 Å². The number of carbonyl (C=O) groups excluding carboxylic acids is 4. The minimum atomic E-state index is -1.10. The Balaban J connectivity index is 1.54. The smallest absolute Gasteiger partial charge is 0.408 e. The number of nitrogens with zero attached hydrogens (tertiary/aromatic N) is 1. The lowest BCUT2D eigenvalue weighted by Gasteiger charge is -2.30. The van der Waals surface area contributed by atoms with Crippen LogP contribution in [0.4, 0.5) is 10.5 Å². The predicted octanol–water partition coefficient (Wildman–Crippen LogP) is 4.56. The van der Waals surface area contributed by atoms with Crippen molar-refractivity contribution in [3.8, 4) is 0 Å². The van der Waals surface area contributed by atoms with Crippen molar-refractivity contribution in [1.29, 1.82) is 0 Å². The van der Waals surface area contributed by atoms with Gasteiger partial charge in [0.25, 0.3) is 5.91 Å². The molecular formula is C29H39ClN4O5. The monoisotopic (exact) mass is 558 g/mol. The molecule has 1 saturated carbocycles. The molecular weight excluding hydrogens is 520 g/mol. The van der Waals surface area contributed by atoms with E-state index in [1.54, 1.807) is 49.9 Å². The summed E-state index contributed by atoms with van der Waals surface area (Å²) >= 11 is 6.09. The molecule has 0 aromatic heterocycles. The molecule has 10 heteroatoms. The number of allylic oxidation sites excluding steroid dienone is 1. The quantitative estimate of drug-likeness (QED) is 0.470. The molecule has 3 aliphatic rings. The third-order valence-corrected chi connectivity index (χ3v) is 7.64. The Morgan fingerprint density at radius 2 is 1.92 bits per heavy atom.